The Morgan fingerprint density at radius 2 is 1.22 bits per heavy atom. The zero-order valence-corrected chi connectivity index (χ0v) is 12.0. The number of hydrogen-bond donors (Lipinski definition) is 8. The highest BCUT2D eigenvalue weighted by Crippen LogP contribution is 2.24. The molecule has 136 valence electrons. The van der Waals surface area contributed by atoms with Crippen molar-refractivity contribution in [3.05, 3.63) is 0 Å². The lowest BCUT2D eigenvalue weighted by Gasteiger charge is -2.41. The zero-order chi connectivity index (χ0) is 17.3. The predicted molar refractivity (Wildman–Crippen MR) is 68.6 cm³/mol. The van der Waals surface area contributed by atoms with Gasteiger partial charge < -0.3 is 55.1 Å². The molecule has 0 amide bonds. The summed E-state index contributed by atoms with van der Waals surface area (Å²) in [4.78, 5) is 0. The molecule has 11 nitrogen and oxygen atoms in total. The molecule has 2 aliphatic rings. The molecule has 2 saturated heterocycles. The molecule has 0 aromatic rings. The first kappa shape index (κ1) is 18.9. The van der Waals surface area contributed by atoms with E-state index in [1.807, 2.05) is 0 Å². The molecule has 0 bridgehead atoms. The number of aliphatic hydroxyl groups excluding tert-OH is 8. The maximum Gasteiger partial charge on any atom is 0.186 e. The first-order chi connectivity index (χ1) is 10.8. The molecule has 10 atom stereocenters. The van der Waals surface area contributed by atoms with Crippen LogP contribution in [0.5, 0.6) is 0 Å². The van der Waals surface area contributed by atoms with E-state index in [9.17, 15) is 35.7 Å². The van der Waals surface area contributed by atoms with Crippen LogP contribution in [0.15, 0.2) is 0 Å². The topological polar surface area (TPSA) is 190 Å². The fourth-order valence-corrected chi connectivity index (χ4v) is 2.46. The third-order valence-corrected chi connectivity index (χ3v) is 3.96. The molecule has 23 heavy (non-hydrogen) atoms. The largest absolute Gasteiger partial charge is 0.394 e. The summed E-state index contributed by atoms with van der Waals surface area (Å²) in [6.07, 6.45) is -15.3. The molecule has 2 heterocycles. The summed E-state index contributed by atoms with van der Waals surface area (Å²) in [5.74, 6) is 0. The molecule has 8 N–H and O–H groups in total. The maximum atomic E-state index is 9.78. The van der Waals surface area contributed by atoms with Gasteiger partial charge in [0.25, 0.3) is 0 Å². The molecule has 0 aromatic heterocycles. The molecule has 2 rings (SSSR count). The van der Waals surface area contributed by atoms with Gasteiger partial charge in [0.15, 0.2) is 12.6 Å². The van der Waals surface area contributed by atoms with Crippen LogP contribution in [0.4, 0.5) is 0 Å². The van der Waals surface area contributed by atoms with Crippen molar-refractivity contribution in [2.75, 3.05) is 13.2 Å². The molecular weight excluding hydrogens is 320 g/mol. The third-order valence-electron chi connectivity index (χ3n) is 3.96. The average Bonchev–Trinajstić information content (AvgIpc) is 2.54. The van der Waals surface area contributed by atoms with Crippen molar-refractivity contribution in [2.45, 2.75) is 61.4 Å². The Hall–Kier alpha value is -0.440. The van der Waals surface area contributed by atoms with Gasteiger partial charge in [0.1, 0.15) is 48.8 Å². The van der Waals surface area contributed by atoms with Gasteiger partial charge in [-0.15, -0.1) is 0 Å². The van der Waals surface area contributed by atoms with Gasteiger partial charge in [-0.2, -0.15) is 0 Å². The van der Waals surface area contributed by atoms with Gasteiger partial charge >= 0.3 is 0 Å². The molecule has 11 heteroatoms. The normalized spacial score (nSPS) is 51.7. The van der Waals surface area contributed by atoms with Crippen LogP contribution in [0.3, 0.4) is 0 Å². The van der Waals surface area contributed by atoms with Crippen molar-refractivity contribution < 1.29 is 55.1 Å². The van der Waals surface area contributed by atoms with Crippen molar-refractivity contribution in [1.82, 2.24) is 0 Å². The van der Waals surface area contributed by atoms with E-state index in [1.165, 1.54) is 0 Å². The second kappa shape index (κ2) is 7.63. The average molecular weight is 342 g/mol. The second-order valence-electron chi connectivity index (χ2n) is 5.57. The lowest BCUT2D eigenvalue weighted by Crippen LogP contribution is -2.61. The summed E-state index contributed by atoms with van der Waals surface area (Å²) in [6.45, 7) is -1.10. The Morgan fingerprint density at radius 3 is 1.83 bits per heavy atom. The van der Waals surface area contributed by atoms with E-state index >= 15 is 0 Å². The minimum atomic E-state index is -1.74. The molecular formula is C12H22O11. The number of ether oxygens (including phenoxy) is 3. The zero-order valence-electron chi connectivity index (χ0n) is 12.0. The fourth-order valence-electron chi connectivity index (χ4n) is 2.46. The van der Waals surface area contributed by atoms with E-state index < -0.39 is 74.6 Å². The minimum Gasteiger partial charge on any atom is -0.394 e. The van der Waals surface area contributed by atoms with Crippen LogP contribution in [0.1, 0.15) is 0 Å². The van der Waals surface area contributed by atoms with Gasteiger partial charge in [-0.3, -0.25) is 0 Å². The summed E-state index contributed by atoms with van der Waals surface area (Å²) in [5.41, 5.74) is 0. The van der Waals surface area contributed by atoms with E-state index in [4.69, 9.17) is 19.3 Å². The Balaban J connectivity index is 1.94. The van der Waals surface area contributed by atoms with Crippen molar-refractivity contribution in [1.29, 1.82) is 0 Å². The van der Waals surface area contributed by atoms with Gasteiger partial charge in [-0.25, -0.2) is 0 Å². The molecule has 2 aliphatic heterocycles. The van der Waals surface area contributed by atoms with E-state index in [1.54, 1.807) is 0 Å². The van der Waals surface area contributed by atoms with Crippen LogP contribution in [-0.4, -0.2) is 115 Å². The van der Waals surface area contributed by atoms with Crippen molar-refractivity contribution in [3.8, 4) is 0 Å². The van der Waals surface area contributed by atoms with E-state index in [0.29, 0.717) is 0 Å². The monoisotopic (exact) mass is 342 g/mol. The van der Waals surface area contributed by atoms with Crippen LogP contribution in [0.2, 0.25) is 0 Å². The number of rotatable bonds is 4. The summed E-state index contributed by atoms with van der Waals surface area (Å²) < 4.78 is 15.1. The summed E-state index contributed by atoms with van der Waals surface area (Å²) in [6, 6.07) is 0. The van der Waals surface area contributed by atoms with Crippen LogP contribution < -0.4 is 0 Å². The molecule has 0 saturated carbocycles. The summed E-state index contributed by atoms with van der Waals surface area (Å²) >= 11 is 0. The van der Waals surface area contributed by atoms with Crippen LogP contribution in [0, 0.1) is 0 Å². The first-order valence-electron chi connectivity index (χ1n) is 7.07. The highest BCUT2D eigenvalue weighted by Gasteiger charge is 2.46. The van der Waals surface area contributed by atoms with Crippen LogP contribution >= 0.6 is 0 Å². The van der Waals surface area contributed by atoms with E-state index in [-0.39, 0.29) is 0 Å². The van der Waals surface area contributed by atoms with E-state index in [2.05, 4.69) is 0 Å². The first-order valence-corrected chi connectivity index (χ1v) is 7.07. The smallest absolute Gasteiger partial charge is 0.186 e. The Labute approximate surface area is 130 Å². The van der Waals surface area contributed by atoms with Crippen molar-refractivity contribution in [2.24, 2.45) is 0 Å². The van der Waals surface area contributed by atoms with Gasteiger partial charge in [-0.05, 0) is 0 Å². The minimum absolute atomic E-state index is 0.468. The van der Waals surface area contributed by atoms with Crippen LogP contribution in [-0.2, 0) is 14.2 Å². The lowest BCUT2D eigenvalue weighted by atomic mass is 9.98. The van der Waals surface area contributed by atoms with Gasteiger partial charge in [0, 0.05) is 0 Å². The number of hydrogen-bond acceptors (Lipinski definition) is 11. The third kappa shape index (κ3) is 3.81. The molecule has 0 aliphatic carbocycles. The molecule has 0 unspecified atom stereocenters. The highest BCUT2D eigenvalue weighted by molar-refractivity contribution is 4.91. The lowest BCUT2D eigenvalue weighted by molar-refractivity contribution is -0.325. The van der Waals surface area contributed by atoms with E-state index in [0.717, 1.165) is 0 Å². The van der Waals surface area contributed by atoms with Crippen molar-refractivity contribution in [3.63, 3.8) is 0 Å². The van der Waals surface area contributed by atoms with Gasteiger partial charge in [0.05, 0.1) is 13.2 Å². The standard InChI is InChI=1S/C12H22O11/c13-1-3-5(14)8(17)10(19)12(23-3)21-2-4-6(15)7(16)9(18)11(20)22-4/h3-20H,1-2H2/t3-,4+,5-,6-,7+,8+,9+,10-,11+,12-/m0/s1. The second-order valence-corrected chi connectivity index (χ2v) is 5.57. The summed E-state index contributed by atoms with van der Waals surface area (Å²) in [7, 11) is 0. The van der Waals surface area contributed by atoms with Crippen LogP contribution in [0.25, 0.3) is 0 Å². The van der Waals surface area contributed by atoms with Gasteiger partial charge in [0.2, 0.25) is 0 Å². The number of aliphatic hydroxyl groups is 8. The SMILES string of the molecule is OC[C@@H]1O[C@H](OC[C@H]2O[C@@H](O)[C@H](O)[C@H](O)[C@H]2O)[C@@H](O)[C@H](O)[C@H]1O. The highest BCUT2D eigenvalue weighted by atomic mass is 16.7. The molecule has 0 aromatic carbocycles. The van der Waals surface area contributed by atoms with Gasteiger partial charge in [-0.1, -0.05) is 0 Å². The Kier molecular flexibility index (Phi) is 6.27. The molecule has 2 fully saturated rings. The van der Waals surface area contributed by atoms with Crippen molar-refractivity contribution >= 4 is 0 Å². The molecule has 0 spiro atoms. The Morgan fingerprint density at radius 1 is 0.652 bits per heavy atom. The summed E-state index contributed by atoms with van der Waals surface area (Å²) in [5, 5.41) is 76.1. The fraction of sp³-hybridized carbons (Fsp3) is 1.00. The quantitative estimate of drug-likeness (QED) is 0.243. The maximum absolute atomic E-state index is 9.78. The molecule has 0 radical (unpaired) electrons. The predicted octanol–water partition coefficient (Wildman–Crippen LogP) is -5.40. The Bertz CT molecular complexity index is 380.